The van der Waals surface area contributed by atoms with Gasteiger partial charge in [0.1, 0.15) is 6.04 Å². The zero-order valence-corrected chi connectivity index (χ0v) is 16.5. The second kappa shape index (κ2) is 7.68. The highest BCUT2D eigenvalue weighted by molar-refractivity contribution is 6.24. The molecular formula is C21H26N4O4. The summed E-state index contributed by atoms with van der Waals surface area (Å²) >= 11 is 0. The monoisotopic (exact) mass is 398 g/mol. The maximum absolute atomic E-state index is 13.2. The van der Waals surface area contributed by atoms with Crippen molar-refractivity contribution in [2.24, 2.45) is 11.7 Å². The lowest BCUT2D eigenvalue weighted by Crippen LogP contribution is -2.54. The number of imide groups is 2. The first-order valence-electron chi connectivity index (χ1n) is 10.2. The van der Waals surface area contributed by atoms with Crippen molar-refractivity contribution in [3.05, 3.63) is 34.9 Å². The Morgan fingerprint density at radius 3 is 2.66 bits per heavy atom. The van der Waals surface area contributed by atoms with Gasteiger partial charge in [0.2, 0.25) is 11.8 Å². The molecule has 0 bridgehead atoms. The second-order valence-corrected chi connectivity index (χ2v) is 8.20. The van der Waals surface area contributed by atoms with Crippen LogP contribution in [0.2, 0.25) is 0 Å². The Hall–Kier alpha value is -2.58. The van der Waals surface area contributed by atoms with E-state index in [4.69, 9.17) is 5.73 Å². The quantitative estimate of drug-likeness (QED) is 0.704. The third kappa shape index (κ3) is 3.36. The Labute approximate surface area is 169 Å². The van der Waals surface area contributed by atoms with Gasteiger partial charge in [0, 0.05) is 19.0 Å². The Bertz CT molecular complexity index is 883. The van der Waals surface area contributed by atoms with Gasteiger partial charge in [0.15, 0.2) is 0 Å². The number of rotatable bonds is 5. The lowest BCUT2D eigenvalue weighted by atomic mass is 9.99. The number of nitrogens with zero attached hydrogens (tertiary/aromatic N) is 2. The minimum atomic E-state index is -0.942. The highest BCUT2D eigenvalue weighted by Crippen LogP contribution is 2.33. The van der Waals surface area contributed by atoms with Gasteiger partial charge in [-0.05, 0) is 50.4 Å². The van der Waals surface area contributed by atoms with E-state index in [9.17, 15) is 19.2 Å². The summed E-state index contributed by atoms with van der Waals surface area (Å²) in [6.07, 6.45) is 3.60. The van der Waals surface area contributed by atoms with Gasteiger partial charge in [0.25, 0.3) is 11.8 Å². The van der Waals surface area contributed by atoms with Crippen molar-refractivity contribution in [2.75, 3.05) is 13.6 Å². The minimum absolute atomic E-state index is 0.113. The molecule has 154 valence electrons. The van der Waals surface area contributed by atoms with Crippen molar-refractivity contribution in [1.82, 2.24) is 15.1 Å². The first-order chi connectivity index (χ1) is 13.9. The number of amides is 4. The molecule has 1 aromatic rings. The van der Waals surface area contributed by atoms with Crippen LogP contribution in [0.4, 0.5) is 0 Å². The van der Waals surface area contributed by atoms with Crippen LogP contribution in [0.25, 0.3) is 0 Å². The fourth-order valence-corrected chi connectivity index (χ4v) is 4.98. The van der Waals surface area contributed by atoms with Crippen LogP contribution in [0.1, 0.15) is 58.4 Å². The molecule has 3 unspecified atom stereocenters. The van der Waals surface area contributed by atoms with Gasteiger partial charge < -0.3 is 5.73 Å². The van der Waals surface area contributed by atoms with Crippen LogP contribution in [-0.2, 0) is 16.1 Å². The van der Waals surface area contributed by atoms with E-state index in [0.717, 1.165) is 29.7 Å². The van der Waals surface area contributed by atoms with Crippen LogP contribution in [0.5, 0.6) is 0 Å². The third-order valence-electron chi connectivity index (χ3n) is 6.46. The summed E-state index contributed by atoms with van der Waals surface area (Å²) in [6, 6.07) is 4.68. The second-order valence-electron chi connectivity index (χ2n) is 8.20. The van der Waals surface area contributed by atoms with E-state index in [-0.39, 0.29) is 18.7 Å². The molecule has 1 aromatic carbocycles. The number of hydrogen-bond donors (Lipinski definition) is 2. The molecule has 29 heavy (non-hydrogen) atoms. The number of carbonyl (C=O) groups is 4. The summed E-state index contributed by atoms with van der Waals surface area (Å²) in [4.78, 5) is 53.0. The van der Waals surface area contributed by atoms with E-state index in [1.165, 1.54) is 0 Å². The topological polar surface area (TPSA) is 113 Å². The van der Waals surface area contributed by atoms with Gasteiger partial charge in [-0.1, -0.05) is 18.6 Å². The third-order valence-corrected chi connectivity index (χ3v) is 6.46. The van der Waals surface area contributed by atoms with Crippen molar-refractivity contribution in [2.45, 2.75) is 50.7 Å². The van der Waals surface area contributed by atoms with E-state index < -0.39 is 23.8 Å². The molecule has 1 saturated carbocycles. The van der Waals surface area contributed by atoms with Crippen LogP contribution >= 0.6 is 0 Å². The highest BCUT2D eigenvalue weighted by Gasteiger charge is 2.45. The molecule has 4 amide bonds. The van der Waals surface area contributed by atoms with Crippen molar-refractivity contribution in [1.29, 1.82) is 0 Å². The van der Waals surface area contributed by atoms with E-state index in [1.807, 2.05) is 13.1 Å². The Morgan fingerprint density at radius 2 is 1.93 bits per heavy atom. The molecule has 8 heteroatoms. The van der Waals surface area contributed by atoms with Crippen LogP contribution in [0.3, 0.4) is 0 Å². The number of benzene rings is 1. The molecule has 0 radical (unpaired) electrons. The average molecular weight is 398 g/mol. The Balaban J connectivity index is 1.59. The zero-order chi connectivity index (χ0) is 20.7. The summed E-state index contributed by atoms with van der Waals surface area (Å²) in [5.74, 6) is -1.45. The van der Waals surface area contributed by atoms with E-state index in [1.54, 1.807) is 12.1 Å². The van der Waals surface area contributed by atoms with Crippen LogP contribution < -0.4 is 11.1 Å². The summed E-state index contributed by atoms with van der Waals surface area (Å²) < 4.78 is 0. The normalized spacial score (nSPS) is 27.0. The highest BCUT2D eigenvalue weighted by atomic mass is 16.2. The molecular weight excluding hydrogens is 372 g/mol. The fourth-order valence-electron chi connectivity index (χ4n) is 4.98. The first kappa shape index (κ1) is 19.7. The van der Waals surface area contributed by atoms with Crippen molar-refractivity contribution >= 4 is 23.6 Å². The SMILES string of the molecule is CN(Cc1cccc2c1C(=O)N(C1CCC(=O)NC1=O)C2=O)C1CCCC1CN. The maximum Gasteiger partial charge on any atom is 0.262 e. The van der Waals surface area contributed by atoms with Crippen LogP contribution in [-0.4, -0.2) is 59.1 Å². The predicted octanol–water partition coefficient (Wildman–Crippen LogP) is 0.647. The number of fused-ring (bicyclic) bond motifs is 1. The van der Waals surface area contributed by atoms with Gasteiger partial charge in [-0.25, -0.2) is 0 Å². The Morgan fingerprint density at radius 1 is 1.14 bits per heavy atom. The first-order valence-corrected chi connectivity index (χ1v) is 10.2. The standard InChI is InChI=1S/C21H26N4O4/c1-24(15-7-3-4-12(15)10-22)11-13-5-2-6-14-18(13)21(29)25(20(14)28)16-8-9-17(26)23-19(16)27/h2,5-6,12,15-16H,3-4,7-11,22H2,1H3,(H,23,26,27). The fraction of sp³-hybridized carbons (Fsp3) is 0.524. The average Bonchev–Trinajstić information content (AvgIpc) is 3.27. The molecule has 1 aliphatic carbocycles. The summed E-state index contributed by atoms with van der Waals surface area (Å²) in [5.41, 5.74) is 7.39. The molecule has 3 aliphatic rings. The summed E-state index contributed by atoms with van der Waals surface area (Å²) in [5, 5.41) is 2.23. The number of nitrogens with two attached hydrogens (primary N) is 1. The van der Waals surface area contributed by atoms with Gasteiger partial charge in [-0.2, -0.15) is 0 Å². The molecule has 0 aromatic heterocycles. The number of piperidine rings is 1. The van der Waals surface area contributed by atoms with E-state index in [2.05, 4.69) is 10.2 Å². The lowest BCUT2D eigenvalue weighted by molar-refractivity contribution is -0.136. The predicted molar refractivity (Wildman–Crippen MR) is 105 cm³/mol. The van der Waals surface area contributed by atoms with Gasteiger partial charge >= 0.3 is 0 Å². The van der Waals surface area contributed by atoms with Gasteiger partial charge in [-0.3, -0.25) is 34.3 Å². The van der Waals surface area contributed by atoms with Crippen LogP contribution in [0.15, 0.2) is 18.2 Å². The van der Waals surface area contributed by atoms with Crippen LogP contribution in [0, 0.1) is 5.92 Å². The smallest absolute Gasteiger partial charge is 0.262 e. The van der Waals surface area contributed by atoms with Gasteiger partial charge in [0.05, 0.1) is 11.1 Å². The summed E-state index contributed by atoms with van der Waals surface area (Å²) in [7, 11) is 2.03. The molecule has 2 heterocycles. The molecule has 3 atom stereocenters. The molecule has 8 nitrogen and oxygen atoms in total. The summed E-state index contributed by atoms with van der Waals surface area (Å²) in [6.45, 7) is 1.18. The largest absolute Gasteiger partial charge is 0.330 e. The molecule has 4 rings (SSSR count). The maximum atomic E-state index is 13.2. The van der Waals surface area contributed by atoms with Crippen molar-refractivity contribution in [3.8, 4) is 0 Å². The zero-order valence-electron chi connectivity index (χ0n) is 16.5. The van der Waals surface area contributed by atoms with Gasteiger partial charge in [-0.15, -0.1) is 0 Å². The molecule has 2 fully saturated rings. The number of nitrogens with one attached hydrogen (secondary N) is 1. The Kier molecular flexibility index (Phi) is 5.23. The van der Waals surface area contributed by atoms with E-state index in [0.29, 0.717) is 36.2 Å². The number of carbonyl (C=O) groups excluding carboxylic acids is 4. The molecule has 2 aliphatic heterocycles. The van der Waals surface area contributed by atoms with Crippen molar-refractivity contribution in [3.63, 3.8) is 0 Å². The van der Waals surface area contributed by atoms with Crippen molar-refractivity contribution < 1.29 is 19.2 Å². The van der Waals surface area contributed by atoms with E-state index >= 15 is 0 Å². The lowest BCUT2D eigenvalue weighted by Gasteiger charge is -2.30. The molecule has 3 N–H and O–H groups in total. The number of hydrogen-bond acceptors (Lipinski definition) is 6. The minimum Gasteiger partial charge on any atom is -0.330 e. The molecule has 1 saturated heterocycles. The molecule has 0 spiro atoms.